The Bertz CT molecular complexity index is 700. The Kier molecular flexibility index (Phi) is 6.68. The van der Waals surface area contributed by atoms with Crippen LogP contribution in [0.5, 0.6) is 0 Å². The first-order valence-corrected chi connectivity index (χ1v) is 8.23. The van der Waals surface area contributed by atoms with Gasteiger partial charge in [-0.05, 0) is 44.9 Å². The van der Waals surface area contributed by atoms with Crippen molar-refractivity contribution in [3.63, 3.8) is 0 Å². The minimum absolute atomic E-state index is 0.0530. The van der Waals surface area contributed by atoms with Crippen molar-refractivity contribution in [3.05, 3.63) is 33.9 Å². The van der Waals surface area contributed by atoms with Crippen LogP contribution < -0.4 is 9.91 Å². The Morgan fingerprint density at radius 2 is 1.81 bits per heavy atom. The van der Waals surface area contributed by atoms with E-state index in [-0.39, 0.29) is 28.8 Å². The molecular formula is C17H24F3N3O4. The van der Waals surface area contributed by atoms with Crippen molar-refractivity contribution in [2.45, 2.75) is 46.4 Å². The average Bonchev–Trinajstić information content (AvgIpc) is 2.42. The maximum absolute atomic E-state index is 13.4. The van der Waals surface area contributed by atoms with Crippen LogP contribution in [0.3, 0.4) is 0 Å². The highest BCUT2D eigenvalue weighted by molar-refractivity contribution is 5.86. The molecule has 0 aliphatic rings. The highest BCUT2D eigenvalue weighted by Gasteiger charge is 2.37. The second kappa shape index (κ2) is 8.01. The van der Waals surface area contributed by atoms with E-state index in [1.54, 1.807) is 0 Å². The minimum Gasteiger partial charge on any atom is -0.440 e. The van der Waals surface area contributed by atoms with Gasteiger partial charge < -0.3 is 9.64 Å². The van der Waals surface area contributed by atoms with Crippen LogP contribution in [0.1, 0.15) is 40.2 Å². The summed E-state index contributed by atoms with van der Waals surface area (Å²) in [6.07, 6.45) is -5.94. The molecule has 1 aromatic rings. The minimum atomic E-state index is -4.65. The summed E-state index contributed by atoms with van der Waals surface area (Å²) in [5, 5.41) is 10.4. The number of carbonyl (C=O) groups is 1. The molecule has 0 heterocycles. The largest absolute Gasteiger partial charge is 0.473 e. The second-order valence-corrected chi connectivity index (χ2v) is 7.50. The number of halogens is 3. The molecule has 0 saturated heterocycles. The zero-order valence-electron chi connectivity index (χ0n) is 16.1. The van der Waals surface area contributed by atoms with Crippen LogP contribution in [-0.4, -0.2) is 30.3 Å². The molecule has 7 nitrogen and oxygen atoms in total. The second-order valence-electron chi connectivity index (χ2n) is 7.50. The van der Waals surface area contributed by atoms with Gasteiger partial charge in [0.05, 0.1) is 11.3 Å². The van der Waals surface area contributed by atoms with Crippen LogP contribution >= 0.6 is 0 Å². The lowest BCUT2D eigenvalue weighted by atomic mass is 10.1. The van der Waals surface area contributed by atoms with E-state index in [4.69, 9.17) is 4.74 Å². The van der Waals surface area contributed by atoms with Crippen LogP contribution in [0.2, 0.25) is 0 Å². The average molecular weight is 391 g/mol. The van der Waals surface area contributed by atoms with E-state index >= 15 is 0 Å². The smallest absolute Gasteiger partial charge is 0.440 e. The van der Waals surface area contributed by atoms with E-state index in [2.05, 4.69) is 0 Å². The third kappa shape index (κ3) is 6.30. The van der Waals surface area contributed by atoms with Crippen molar-refractivity contribution >= 4 is 17.5 Å². The first kappa shape index (κ1) is 22.5. The molecule has 0 unspecified atom stereocenters. The number of amides is 1. The molecule has 1 aromatic carbocycles. The Morgan fingerprint density at radius 3 is 2.22 bits per heavy atom. The van der Waals surface area contributed by atoms with E-state index in [1.807, 2.05) is 13.8 Å². The summed E-state index contributed by atoms with van der Waals surface area (Å²) in [7, 11) is 1.46. The maximum atomic E-state index is 13.4. The van der Waals surface area contributed by atoms with Gasteiger partial charge in [-0.15, -0.1) is 0 Å². The van der Waals surface area contributed by atoms with Crippen LogP contribution in [0.4, 0.5) is 29.3 Å². The summed E-state index contributed by atoms with van der Waals surface area (Å²) in [5.74, 6) is 0.0530. The van der Waals surface area contributed by atoms with E-state index in [9.17, 15) is 28.1 Å². The third-order valence-electron chi connectivity index (χ3n) is 3.31. The van der Waals surface area contributed by atoms with Gasteiger partial charge in [-0.1, -0.05) is 13.8 Å². The van der Waals surface area contributed by atoms with Crippen molar-refractivity contribution in [2.24, 2.45) is 5.92 Å². The van der Waals surface area contributed by atoms with Gasteiger partial charge in [-0.3, -0.25) is 0 Å². The van der Waals surface area contributed by atoms with Crippen molar-refractivity contribution in [1.82, 2.24) is 0 Å². The molecule has 1 amide bonds. The van der Waals surface area contributed by atoms with Gasteiger partial charge in [-0.2, -0.15) is 13.2 Å². The molecule has 0 aromatic heterocycles. The molecule has 0 aliphatic heterocycles. The molecule has 0 atom stereocenters. The Balaban J connectivity index is 3.45. The Morgan fingerprint density at radius 1 is 1.26 bits per heavy atom. The molecule has 152 valence electrons. The molecular weight excluding hydrogens is 367 g/mol. The highest BCUT2D eigenvalue weighted by atomic mass is 19.4. The molecule has 1 rings (SSSR count). The zero-order valence-corrected chi connectivity index (χ0v) is 16.1. The van der Waals surface area contributed by atoms with Crippen LogP contribution in [0.15, 0.2) is 18.2 Å². The predicted octanol–water partition coefficient (Wildman–Crippen LogP) is 4.73. The first-order valence-electron chi connectivity index (χ1n) is 8.23. The maximum Gasteiger partial charge on any atom is 0.473 e. The van der Waals surface area contributed by atoms with Crippen LogP contribution in [0.25, 0.3) is 0 Å². The lowest BCUT2D eigenvalue weighted by Gasteiger charge is -2.26. The number of hydrazine groups is 1. The lowest BCUT2D eigenvalue weighted by Crippen LogP contribution is -2.40. The predicted molar refractivity (Wildman–Crippen MR) is 95.3 cm³/mol. The summed E-state index contributed by atoms with van der Waals surface area (Å²) in [4.78, 5) is 24.9. The number of ether oxygens (including phenoxy) is 1. The van der Waals surface area contributed by atoms with E-state index in [1.165, 1.54) is 32.7 Å². The van der Waals surface area contributed by atoms with Crippen molar-refractivity contribution in [2.75, 3.05) is 23.5 Å². The first-order chi connectivity index (χ1) is 12.1. The van der Waals surface area contributed by atoms with E-state index < -0.39 is 28.5 Å². The number of anilines is 2. The fourth-order valence-corrected chi connectivity index (χ4v) is 2.42. The summed E-state index contributed by atoms with van der Waals surface area (Å²) < 4.78 is 45.0. The van der Waals surface area contributed by atoms with E-state index in [0.717, 1.165) is 18.2 Å². The van der Waals surface area contributed by atoms with Gasteiger partial charge in [0.2, 0.25) is 0 Å². The number of nitro groups is 1. The molecule has 0 fully saturated rings. The molecule has 0 bridgehead atoms. The monoisotopic (exact) mass is 391 g/mol. The fraction of sp³-hybridized carbons (Fsp3) is 0.588. The molecule has 0 aliphatic carbocycles. The summed E-state index contributed by atoms with van der Waals surface area (Å²) in [6.45, 7) is 8.53. The van der Waals surface area contributed by atoms with Gasteiger partial charge in [-0.25, -0.2) is 14.9 Å². The summed E-state index contributed by atoms with van der Waals surface area (Å²) in [6, 6.07) is 2.57. The summed E-state index contributed by atoms with van der Waals surface area (Å²) >= 11 is 0. The van der Waals surface area contributed by atoms with Crippen molar-refractivity contribution in [3.8, 4) is 0 Å². The van der Waals surface area contributed by atoms with Gasteiger partial charge >= 0.3 is 12.3 Å². The van der Waals surface area contributed by atoms with Gasteiger partial charge in [0, 0.05) is 18.6 Å². The zero-order chi connectivity index (χ0) is 21.2. The standard InChI is InChI=1S/C17H24F3N3O4/c1-11(2)10-21(6)14-9-12(7-8-13(14)17(18,19)20)22(23(25)26)15(24)27-16(3,4)5/h7-9,11H,10H2,1-6H3. The third-order valence-corrected chi connectivity index (χ3v) is 3.31. The topological polar surface area (TPSA) is 75.9 Å². The van der Waals surface area contributed by atoms with Gasteiger partial charge in [0.1, 0.15) is 11.3 Å². The highest BCUT2D eigenvalue weighted by Crippen LogP contribution is 2.39. The molecule has 10 heteroatoms. The molecule has 0 spiro atoms. The Hall–Kier alpha value is -2.52. The number of hydrogen-bond acceptors (Lipinski definition) is 5. The number of nitrogens with zero attached hydrogens (tertiary/aromatic N) is 3. The van der Waals surface area contributed by atoms with Crippen molar-refractivity contribution < 1.29 is 27.7 Å². The van der Waals surface area contributed by atoms with Gasteiger partial charge in [0.15, 0.2) is 5.03 Å². The van der Waals surface area contributed by atoms with Gasteiger partial charge in [0.25, 0.3) is 0 Å². The van der Waals surface area contributed by atoms with E-state index in [0.29, 0.717) is 0 Å². The normalized spacial score (nSPS) is 12.1. The molecule has 27 heavy (non-hydrogen) atoms. The molecule has 0 N–H and O–H groups in total. The lowest BCUT2D eigenvalue weighted by molar-refractivity contribution is -0.484. The summed E-state index contributed by atoms with van der Waals surface area (Å²) in [5.41, 5.74) is -2.53. The Labute approximate surface area is 155 Å². The fourth-order valence-electron chi connectivity index (χ4n) is 2.42. The number of hydrogen-bond donors (Lipinski definition) is 0. The molecule has 0 saturated carbocycles. The quantitative estimate of drug-likeness (QED) is 0.536. The number of rotatable bonds is 5. The van der Waals surface area contributed by atoms with Crippen LogP contribution in [-0.2, 0) is 10.9 Å². The molecule has 0 radical (unpaired) electrons. The number of carbonyl (C=O) groups excluding carboxylic acids is 1. The number of alkyl halides is 3. The number of benzene rings is 1. The van der Waals surface area contributed by atoms with Crippen molar-refractivity contribution in [1.29, 1.82) is 0 Å². The SMILES string of the molecule is CC(C)CN(C)c1cc(N(C(=O)OC(C)(C)C)[N+](=O)[O-])ccc1C(F)(F)F. The van der Waals surface area contributed by atoms with Crippen LogP contribution in [0, 0.1) is 16.0 Å².